The second kappa shape index (κ2) is 6.64. The number of aromatic nitrogens is 2. The van der Waals surface area contributed by atoms with Gasteiger partial charge in [-0.2, -0.15) is 0 Å². The monoisotopic (exact) mass is 417 g/mol. The largest absolute Gasteiger partial charge is 0.392 e. The molecule has 0 radical (unpaired) electrons. The fourth-order valence-electron chi connectivity index (χ4n) is 4.93. The third-order valence-corrected chi connectivity index (χ3v) is 6.70. The predicted molar refractivity (Wildman–Crippen MR) is 119 cm³/mol. The van der Waals surface area contributed by atoms with Gasteiger partial charge in [-0.25, -0.2) is 4.98 Å². The van der Waals surface area contributed by atoms with Gasteiger partial charge in [0.1, 0.15) is 0 Å². The quantitative estimate of drug-likeness (QED) is 0.474. The highest BCUT2D eigenvalue weighted by Gasteiger charge is 2.29. The Labute approximate surface area is 178 Å². The van der Waals surface area contributed by atoms with Gasteiger partial charge in [0.15, 0.2) is 0 Å². The molecule has 1 fully saturated rings. The van der Waals surface area contributed by atoms with Gasteiger partial charge in [0, 0.05) is 36.0 Å². The molecule has 4 heterocycles. The summed E-state index contributed by atoms with van der Waals surface area (Å²) in [6.45, 7) is 2.68. The van der Waals surface area contributed by atoms with E-state index >= 15 is 0 Å². The van der Waals surface area contributed by atoms with Crippen molar-refractivity contribution < 1.29 is 5.11 Å². The van der Waals surface area contributed by atoms with E-state index in [4.69, 9.17) is 16.6 Å². The minimum atomic E-state index is -0.285. The third kappa shape index (κ3) is 2.63. The summed E-state index contributed by atoms with van der Waals surface area (Å²) >= 11 is 6.63. The Hall–Kier alpha value is -2.73. The summed E-state index contributed by atoms with van der Waals surface area (Å²) in [6.07, 6.45) is 0.496. The van der Waals surface area contributed by atoms with E-state index in [1.807, 2.05) is 47.0 Å². The van der Waals surface area contributed by atoms with Crippen molar-refractivity contribution in [3.05, 3.63) is 75.0 Å². The maximum Gasteiger partial charge on any atom is 0.259 e. The van der Waals surface area contributed by atoms with E-state index in [0.717, 1.165) is 57.2 Å². The van der Waals surface area contributed by atoms with E-state index in [0.29, 0.717) is 24.7 Å². The molecule has 0 saturated carbocycles. The zero-order valence-corrected chi connectivity index (χ0v) is 17.1. The summed E-state index contributed by atoms with van der Waals surface area (Å²) in [5.41, 5.74) is 4.75. The number of pyridine rings is 2. The van der Waals surface area contributed by atoms with Crippen molar-refractivity contribution >= 4 is 33.3 Å². The van der Waals surface area contributed by atoms with Crippen LogP contribution < -0.4 is 5.56 Å². The number of aliphatic hydroxyl groups is 1. The summed E-state index contributed by atoms with van der Waals surface area (Å²) in [7, 11) is 0. The number of β-amino-alcohol motifs (C(OH)–C–C–N with tert-alkyl or cyclic N) is 1. The zero-order valence-electron chi connectivity index (χ0n) is 16.3. The third-order valence-electron chi connectivity index (χ3n) is 6.38. The maximum atomic E-state index is 13.2. The maximum absolute atomic E-state index is 13.2. The van der Waals surface area contributed by atoms with Gasteiger partial charge in [-0.15, -0.1) is 0 Å². The van der Waals surface area contributed by atoms with Gasteiger partial charge in [-0.1, -0.05) is 35.9 Å². The normalized spacial score (nSPS) is 18.3. The molecule has 2 aromatic heterocycles. The van der Waals surface area contributed by atoms with Crippen LogP contribution in [-0.4, -0.2) is 38.8 Å². The number of rotatable bonds is 2. The Morgan fingerprint density at radius 3 is 2.87 bits per heavy atom. The molecule has 6 heteroatoms. The average Bonchev–Trinajstić information content (AvgIpc) is 3.32. The first-order valence-corrected chi connectivity index (χ1v) is 10.6. The Balaban J connectivity index is 1.62. The number of benzene rings is 2. The lowest BCUT2D eigenvalue weighted by atomic mass is 9.99. The van der Waals surface area contributed by atoms with Crippen molar-refractivity contribution in [3.63, 3.8) is 0 Å². The number of halogens is 1. The molecule has 2 aliphatic rings. The van der Waals surface area contributed by atoms with Gasteiger partial charge in [-0.3, -0.25) is 9.69 Å². The zero-order chi connectivity index (χ0) is 20.4. The number of hydrogen-bond acceptors (Lipinski definition) is 4. The molecule has 0 aliphatic carbocycles. The van der Waals surface area contributed by atoms with E-state index < -0.39 is 0 Å². The number of aliphatic hydroxyl groups excluding tert-OH is 1. The molecule has 1 atom stereocenters. The van der Waals surface area contributed by atoms with Gasteiger partial charge in [-0.05, 0) is 41.6 Å². The lowest BCUT2D eigenvalue weighted by Crippen LogP contribution is -2.23. The summed E-state index contributed by atoms with van der Waals surface area (Å²) < 4.78 is 1.83. The second-order valence-electron chi connectivity index (χ2n) is 8.24. The molecule has 0 unspecified atom stereocenters. The van der Waals surface area contributed by atoms with E-state index in [9.17, 15) is 9.90 Å². The van der Waals surface area contributed by atoms with Crippen molar-refractivity contribution in [2.24, 2.45) is 0 Å². The topological polar surface area (TPSA) is 58.4 Å². The van der Waals surface area contributed by atoms with E-state index in [2.05, 4.69) is 11.0 Å². The van der Waals surface area contributed by atoms with Crippen molar-refractivity contribution in [2.75, 3.05) is 13.1 Å². The molecule has 6 rings (SSSR count). The smallest absolute Gasteiger partial charge is 0.259 e. The van der Waals surface area contributed by atoms with Gasteiger partial charge in [0.25, 0.3) is 5.56 Å². The van der Waals surface area contributed by atoms with Crippen molar-refractivity contribution in [1.82, 2.24) is 14.5 Å². The van der Waals surface area contributed by atoms with Crippen LogP contribution in [0.2, 0.25) is 5.02 Å². The molecule has 30 heavy (non-hydrogen) atoms. The molecule has 4 aromatic rings. The van der Waals surface area contributed by atoms with Gasteiger partial charge < -0.3 is 9.67 Å². The van der Waals surface area contributed by atoms with Crippen LogP contribution in [0.1, 0.15) is 17.5 Å². The predicted octanol–water partition coefficient (Wildman–Crippen LogP) is 3.80. The van der Waals surface area contributed by atoms with Crippen LogP contribution in [0, 0.1) is 0 Å². The summed E-state index contributed by atoms with van der Waals surface area (Å²) in [5, 5.41) is 13.3. The molecule has 0 bridgehead atoms. The highest BCUT2D eigenvalue weighted by Crippen LogP contribution is 2.39. The van der Waals surface area contributed by atoms with E-state index in [-0.39, 0.29) is 11.7 Å². The molecule has 0 spiro atoms. The van der Waals surface area contributed by atoms with Crippen LogP contribution in [0.5, 0.6) is 0 Å². The minimum absolute atomic E-state index is 0.0128. The first-order valence-electron chi connectivity index (χ1n) is 10.2. The number of hydrogen-bond donors (Lipinski definition) is 1. The van der Waals surface area contributed by atoms with Crippen molar-refractivity contribution in [1.29, 1.82) is 0 Å². The molecule has 1 N–H and O–H groups in total. The van der Waals surface area contributed by atoms with Crippen molar-refractivity contribution in [2.45, 2.75) is 25.6 Å². The number of nitrogens with zero attached hydrogens (tertiary/aromatic N) is 3. The first-order chi connectivity index (χ1) is 14.6. The van der Waals surface area contributed by atoms with Gasteiger partial charge in [0.2, 0.25) is 0 Å². The van der Waals surface area contributed by atoms with Crippen LogP contribution in [0.15, 0.2) is 53.3 Å². The highest BCUT2D eigenvalue weighted by molar-refractivity contribution is 6.35. The van der Waals surface area contributed by atoms with E-state index in [1.165, 1.54) is 0 Å². The lowest BCUT2D eigenvalue weighted by Gasteiger charge is -2.19. The fourth-order valence-corrected chi connectivity index (χ4v) is 5.22. The summed E-state index contributed by atoms with van der Waals surface area (Å²) in [4.78, 5) is 20.4. The Morgan fingerprint density at radius 2 is 2.03 bits per heavy atom. The van der Waals surface area contributed by atoms with Crippen LogP contribution in [0.3, 0.4) is 0 Å². The minimum Gasteiger partial charge on any atom is -0.392 e. The van der Waals surface area contributed by atoms with E-state index in [1.54, 1.807) is 0 Å². The molecular weight excluding hydrogens is 398 g/mol. The molecule has 2 aliphatic heterocycles. The SMILES string of the molecule is O=c1c2ccccc2cc2n1Cc1c-2nc2cccc(Cl)c2c1CN1CC[C@H](O)C1. The molecule has 2 aromatic carbocycles. The fraction of sp³-hybridized carbons (Fsp3) is 0.250. The number of likely N-dealkylation sites (tertiary alicyclic amines) is 1. The Bertz CT molecular complexity index is 1400. The van der Waals surface area contributed by atoms with Crippen LogP contribution >= 0.6 is 11.6 Å². The summed E-state index contributed by atoms with van der Waals surface area (Å²) in [5.74, 6) is 0. The molecule has 150 valence electrons. The Morgan fingerprint density at radius 1 is 1.17 bits per heavy atom. The number of fused-ring (bicyclic) bond motifs is 5. The average molecular weight is 418 g/mol. The molecular formula is C24H20ClN3O2. The lowest BCUT2D eigenvalue weighted by molar-refractivity contribution is 0.175. The molecule has 5 nitrogen and oxygen atoms in total. The van der Waals surface area contributed by atoms with Gasteiger partial charge >= 0.3 is 0 Å². The molecule has 0 amide bonds. The Kier molecular flexibility index (Phi) is 4.00. The van der Waals surface area contributed by atoms with Crippen molar-refractivity contribution in [3.8, 4) is 11.4 Å². The molecule has 1 saturated heterocycles. The second-order valence-corrected chi connectivity index (χ2v) is 8.64. The van der Waals surface area contributed by atoms with Crippen LogP contribution in [0.25, 0.3) is 33.1 Å². The van der Waals surface area contributed by atoms with Gasteiger partial charge in [0.05, 0.1) is 34.6 Å². The summed E-state index contributed by atoms with van der Waals surface area (Å²) in [6, 6.07) is 15.5. The van der Waals surface area contributed by atoms with Crippen LogP contribution in [0.4, 0.5) is 0 Å². The standard InChI is InChI=1S/C24H20ClN3O2/c25-19-6-3-7-20-22(19)17(12-27-9-8-15(29)11-27)18-13-28-21(23(18)26-20)10-14-4-1-2-5-16(14)24(28)30/h1-7,10,15,29H,8-9,11-13H2/t15-/m0/s1. The highest BCUT2D eigenvalue weighted by atomic mass is 35.5. The first kappa shape index (κ1) is 18.1. The van der Waals surface area contributed by atoms with Crippen LogP contribution in [-0.2, 0) is 13.1 Å².